The SMILES string of the molecule is Cc1ccc(O)c(CN2CCC3(CCCCC3)CC2)n1. The number of aryl methyl sites for hydroxylation is 1. The number of aromatic nitrogens is 1. The first-order valence-corrected chi connectivity index (χ1v) is 8.05. The second-order valence-electron chi connectivity index (χ2n) is 6.76. The lowest BCUT2D eigenvalue weighted by Gasteiger charge is -2.44. The molecule has 1 aliphatic carbocycles. The molecule has 1 saturated heterocycles. The minimum Gasteiger partial charge on any atom is -0.506 e. The molecule has 0 unspecified atom stereocenters. The van der Waals surface area contributed by atoms with Gasteiger partial charge in [-0.3, -0.25) is 9.88 Å². The van der Waals surface area contributed by atoms with Gasteiger partial charge in [0.1, 0.15) is 5.75 Å². The van der Waals surface area contributed by atoms with Crippen molar-refractivity contribution >= 4 is 0 Å². The number of pyridine rings is 1. The summed E-state index contributed by atoms with van der Waals surface area (Å²) in [6.07, 6.45) is 9.84. The van der Waals surface area contributed by atoms with Crippen molar-refractivity contribution < 1.29 is 5.11 Å². The molecule has 0 amide bonds. The topological polar surface area (TPSA) is 36.4 Å². The van der Waals surface area contributed by atoms with Gasteiger partial charge in [0.05, 0.1) is 5.69 Å². The summed E-state index contributed by atoms with van der Waals surface area (Å²) >= 11 is 0. The van der Waals surface area contributed by atoms with Gasteiger partial charge in [-0.2, -0.15) is 0 Å². The molecule has 1 aromatic rings. The second-order valence-corrected chi connectivity index (χ2v) is 6.76. The fraction of sp³-hybridized carbons (Fsp3) is 0.706. The van der Waals surface area contributed by atoms with Gasteiger partial charge >= 0.3 is 0 Å². The normalized spacial score (nSPS) is 23.1. The van der Waals surface area contributed by atoms with Gasteiger partial charge in [0.2, 0.25) is 0 Å². The molecule has 1 saturated carbocycles. The zero-order valence-corrected chi connectivity index (χ0v) is 12.6. The maximum Gasteiger partial charge on any atom is 0.138 e. The number of nitrogens with zero attached hydrogens (tertiary/aromatic N) is 2. The maximum absolute atomic E-state index is 9.92. The third kappa shape index (κ3) is 2.98. The Bertz CT molecular complexity index is 456. The van der Waals surface area contributed by atoms with E-state index < -0.39 is 0 Å². The first-order chi connectivity index (χ1) is 9.67. The van der Waals surface area contributed by atoms with Crippen LogP contribution >= 0.6 is 0 Å². The van der Waals surface area contributed by atoms with Gasteiger partial charge in [0.25, 0.3) is 0 Å². The van der Waals surface area contributed by atoms with E-state index in [1.54, 1.807) is 6.07 Å². The van der Waals surface area contributed by atoms with E-state index in [1.807, 2.05) is 13.0 Å². The molecule has 2 aliphatic rings. The van der Waals surface area contributed by atoms with Crippen LogP contribution in [0.25, 0.3) is 0 Å². The summed E-state index contributed by atoms with van der Waals surface area (Å²) in [4.78, 5) is 6.94. The van der Waals surface area contributed by atoms with Crippen LogP contribution in [-0.4, -0.2) is 28.1 Å². The summed E-state index contributed by atoms with van der Waals surface area (Å²) in [6, 6.07) is 3.64. The van der Waals surface area contributed by atoms with Crippen LogP contribution in [0.15, 0.2) is 12.1 Å². The predicted octanol–water partition coefficient (Wildman–Crippen LogP) is 3.64. The Balaban J connectivity index is 1.59. The van der Waals surface area contributed by atoms with E-state index in [9.17, 15) is 5.11 Å². The summed E-state index contributed by atoms with van der Waals surface area (Å²) in [5.41, 5.74) is 2.47. The third-order valence-corrected chi connectivity index (χ3v) is 5.29. The zero-order chi connectivity index (χ0) is 14.0. The largest absolute Gasteiger partial charge is 0.506 e. The molecule has 3 heteroatoms. The van der Waals surface area contributed by atoms with E-state index in [0.717, 1.165) is 31.0 Å². The van der Waals surface area contributed by atoms with Crippen molar-refractivity contribution in [2.45, 2.75) is 58.4 Å². The lowest BCUT2D eigenvalue weighted by Crippen LogP contribution is -2.40. The van der Waals surface area contributed by atoms with Crippen molar-refractivity contribution in [3.63, 3.8) is 0 Å². The molecule has 2 heterocycles. The van der Waals surface area contributed by atoms with E-state index in [0.29, 0.717) is 11.2 Å². The Kier molecular flexibility index (Phi) is 3.97. The quantitative estimate of drug-likeness (QED) is 0.894. The minimum atomic E-state index is 0.341. The molecule has 3 rings (SSSR count). The number of hydrogen-bond donors (Lipinski definition) is 1. The lowest BCUT2D eigenvalue weighted by atomic mass is 9.68. The minimum absolute atomic E-state index is 0.341. The van der Waals surface area contributed by atoms with Crippen LogP contribution in [0.2, 0.25) is 0 Å². The molecule has 0 bridgehead atoms. The van der Waals surface area contributed by atoms with Gasteiger partial charge in [-0.25, -0.2) is 0 Å². The van der Waals surface area contributed by atoms with Crippen LogP contribution in [0.1, 0.15) is 56.3 Å². The summed E-state index contributed by atoms with van der Waals surface area (Å²) < 4.78 is 0. The van der Waals surface area contributed by atoms with Gasteiger partial charge in [0.15, 0.2) is 0 Å². The highest BCUT2D eigenvalue weighted by Gasteiger charge is 2.35. The summed E-state index contributed by atoms with van der Waals surface area (Å²) in [6.45, 7) is 5.10. The van der Waals surface area contributed by atoms with E-state index in [1.165, 1.54) is 44.9 Å². The van der Waals surface area contributed by atoms with Crippen molar-refractivity contribution in [2.24, 2.45) is 5.41 Å². The Labute approximate surface area is 122 Å². The molecule has 1 spiro atoms. The molecule has 0 atom stereocenters. The van der Waals surface area contributed by atoms with Gasteiger partial charge in [0, 0.05) is 12.2 Å². The molecule has 0 aromatic carbocycles. The number of likely N-dealkylation sites (tertiary alicyclic amines) is 1. The Morgan fingerprint density at radius 3 is 2.50 bits per heavy atom. The van der Waals surface area contributed by atoms with Crippen molar-refractivity contribution in [2.75, 3.05) is 13.1 Å². The van der Waals surface area contributed by atoms with E-state index in [4.69, 9.17) is 0 Å². The van der Waals surface area contributed by atoms with Crippen LogP contribution in [0.4, 0.5) is 0 Å². The maximum atomic E-state index is 9.92. The number of rotatable bonds is 2. The Hall–Kier alpha value is -1.09. The van der Waals surface area contributed by atoms with E-state index in [-0.39, 0.29) is 0 Å². The van der Waals surface area contributed by atoms with Crippen molar-refractivity contribution in [3.8, 4) is 5.75 Å². The molecule has 1 aromatic heterocycles. The lowest BCUT2D eigenvalue weighted by molar-refractivity contribution is 0.0631. The van der Waals surface area contributed by atoms with E-state index in [2.05, 4.69) is 9.88 Å². The summed E-state index contributed by atoms with van der Waals surface area (Å²) in [7, 11) is 0. The summed E-state index contributed by atoms with van der Waals surface area (Å²) in [5, 5.41) is 9.92. The van der Waals surface area contributed by atoms with Crippen LogP contribution in [0.5, 0.6) is 5.75 Å². The average Bonchev–Trinajstić information content (AvgIpc) is 2.47. The van der Waals surface area contributed by atoms with Gasteiger partial charge in [-0.1, -0.05) is 19.3 Å². The van der Waals surface area contributed by atoms with Crippen molar-refractivity contribution in [1.82, 2.24) is 9.88 Å². The van der Waals surface area contributed by atoms with Crippen LogP contribution in [0, 0.1) is 12.3 Å². The molecular formula is C17H26N2O. The summed E-state index contributed by atoms with van der Waals surface area (Å²) in [5.74, 6) is 0.341. The molecule has 1 aliphatic heterocycles. The third-order valence-electron chi connectivity index (χ3n) is 5.29. The smallest absolute Gasteiger partial charge is 0.138 e. The van der Waals surface area contributed by atoms with Crippen LogP contribution in [-0.2, 0) is 6.54 Å². The molecule has 0 radical (unpaired) electrons. The van der Waals surface area contributed by atoms with E-state index >= 15 is 0 Å². The second kappa shape index (κ2) is 5.72. The first kappa shape index (κ1) is 13.9. The standard InChI is InChI=1S/C17H26N2O/c1-14-5-6-16(20)15(18-14)13-19-11-9-17(10-12-19)7-3-2-4-8-17/h5-6,20H,2-4,7-13H2,1H3. The molecule has 1 N–H and O–H groups in total. The van der Waals surface area contributed by atoms with Gasteiger partial charge in [-0.05, 0) is 63.2 Å². The van der Waals surface area contributed by atoms with Crippen LogP contribution in [0.3, 0.4) is 0 Å². The van der Waals surface area contributed by atoms with Crippen LogP contribution < -0.4 is 0 Å². The number of aromatic hydroxyl groups is 1. The van der Waals surface area contributed by atoms with Gasteiger partial charge < -0.3 is 5.11 Å². The van der Waals surface area contributed by atoms with Crippen molar-refractivity contribution in [1.29, 1.82) is 0 Å². The van der Waals surface area contributed by atoms with Crippen molar-refractivity contribution in [3.05, 3.63) is 23.5 Å². The Morgan fingerprint density at radius 2 is 1.80 bits per heavy atom. The molecule has 20 heavy (non-hydrogen) atoms. The number of piperidine rings is 1. The fourth-order valence-electron chi connectivity index (χ4n) is 3.92. The molecule has 2 fully saturated rings. The predicted molar refractivity (Wildman–Crippen MR) is 80.7 cm³/mol. The number of hydrogen-bond acceptors (Lipinski definition) is 3. The Morgan fingerprint density at radius 1 is 1.10 bits per heavy atom. The highest BCUT2D eigenvalue weighted by Crippen LogP contribution is 2.44. The molecule has 3 nitrogen and oxygen atoms in total. The monoisotopic (exact) mass is 274 g/mol. The first-order valence-electron chi connectivity index (χ1n) is 8.05. The highest BCUT2D eigenvalue weighted by atomic mass is 16.3. The zero-order valence-electron chi connectivity index (χ0n) is 12.6. The average molecular weight is 274 g/mol. The van der Waals surface area contributed by atoms with Gasteiger partial charge in [-0.15, -0.1) is 0 Å². The molecular weight excluding hydrogens is 248 g/mol. The molecule has 110 valence electrons. The highest BCUT2D eigenvalue weighted by molar-refractivity contribution is 5.27. The fourth-order valence-corrected chi connectivity index (χ4v) is 3.92.